The first-order chi connectivity index (χ1) is 12.5. The first-order valence-electron chi connectivity index (χ1n) is 10.5. The number of carbonyl (C=O) groups excluding carboxylic acids is 2. The largest absolute Gasteiger partial charge is 0.519 e. The molecule has 0 atom stereocenters. The van der Waals surface area contributed by atoms with E-state index >= 15 is 0 Å². The van der Waals surface area contributed by atoms with E-state index < -0.39 is 14.3 Å². The summed E-state index contributed by atoms with van der Waals surface area (Å²) in [4.78, 5) is 24.0. The maximum absolute atomic E-state index is 12.5. The Labute approximate surface area is 168 Å². The molecule has 5 heteroatoms. The van der Waals surface area contributed by atoms with Crippen LogP contribution < -0.4 is 0 Å². The molecule has 0 aromatic rings. The molecule has 0 spiro atoms. The van der Waals surface area contributed by atoms with E-state index in [1.165, 1.54) is 0 Å². The molecule has 0 aromatic carbocycles. The van der Waals surface area contributed by atoms with E-state index in [1.807, 2.05) is 0 Å². The Kier molecular flexibility index (Phi) is 12.6. The van der Waals surface area contributed by atoms with Gasteiger partial charge in [0.25, 0.3) is 14.3 Å². The van der Waals surface area contributed by atoms with Gasteiger partial charge in [-0.15, -0.1) is 0 Å². The smallest absolute Gasteiger partial charge is 0.333 e. The summed E-state index contributed by atoms with van der Waals surface area (Å²) >= 11 is 0. The maximum atomic E-state index is 12.5. The van der Waals surface area contributed by atoms with Crippen molar-refractivity contribution >= 4 is 20.3 Å². The van der Waals surface area contributed by atoms with E-state index in [0.717, 1.165) is 37.4 Å². The van der Waals surface area contributed by atoms with E-state index in [-0.39, 0.29) is 19.0 Å². The third-order valence-corrected chi connectivity index (χ3v) is 9.01. The van der Waals surface area contributed by atoms with Crippen molar-refractivity contribution in [2.24, 2.45) is 17.8 Å². The Morgan fingerprint density at radius 1 is 0.852 bits per heavy atom. The lowest BCUT2D eigenvalue weighted by Crippen LogP contribution is -2.41. The second-order valence-electron chi connectivity index (χ2n) is 9.12. The van der Waals surface area contributed by atoms with Crippen LogP contribution in [0.2, 0.25) is 18.1 Å². The van der Waals surface area contributed by atoms with E-state index in [0.29, 0.717) is 23.3 Å². The minimum atomic E-state index is -2.15. The number of ether oxygens (including phenoxy) is 1. The second kappa shape index (κ2) is 13.1. The van der Waals surface area contributed by atoms with Gasteiger partial charge in [-0.3, -0.25) is 4.79 Å². The zero-order valence-electron chi connectivity index (χ0n) is 18.7. The molecule has 0 saturated carbocycles. The molecule has 0 amide bonds. The lowest BCUT2D eigenvalue weighted by atomic mass is 10.2. The summed E-state index contributed by atoms with van der Waals surface area (Å²) in [6.45, 7) is 18.6. The highest BCUT2D eigenvalue weighted by atomic mass is 28.4. The van der Waals surface area contributed by atoms with Crippen LogP contribution in [0.4, 0.5) is 0 Å². The average molecular weight is 399 g/mol. The highest BCUT2D eigenvalue weighted by Gasteiger charge is 2.38. The number of carbonyl (C=O) groups is 2. The van der Waals surface area contributed by atoms with Gasteiger partial charge in [0.15, 0.2) is 0 Å². The van der Waals surface area contributed by atoms with Crippen molar-refractivity contribution in [2.75, 3.05) is 6.61 Å². The fraction of sp³-hybridized carbons (Fsp3) is 0.818. The zero-order chi connectivity index (χ0) is 21.0. The summed E-state index contributed by atoms with van der Waals surface area (Å²) < 4.78 is 11.3. The van der Waals surface area contributed by atoms with Gasteiger partial charge < -0.3 is 9.16 Å². The topological polar surface area (TPSA) is 52.6 Å². The number of esters is 1. The number of hydrogen-bond donors (Lipinski definition) is 0. The van der Waals surface area contributed by atoms with E-state index in [9.17, 15) is 9.59 Å². The van der Waals surface area contributed by atoms with Gasteiger partial charge in [-0.25, -0.2) is 4.79 Å². The standard InChI is InChI=1S/C22H42O4Si/c1-17(2)10-14-27(15-11-18(3)4,16-12-19(5)6)26-21(23)9-13-25-22(24)20(7)8/h17-19H,7,9-16H2,1-6,8H3. The van der Waals surface area contributed by atoms with Crippen molar-refractivity contribution in [3.63, 3.8) is 0 Å². The predicted molar refractivity (Wildman–Crippen MR) is 115 cm³/mol. The number of rotatable bonds is 14. The first kappa shape index (κ1) is 25.9. The number of hydrogen-bond acceptors (Lipinski definition) is 4. The van der Waals surface area contributed by atoms with E-state index in [2.05, 4.69) is 48.1 Å². The van der Waals surface area contributed by atoms with Crippen LogP contribution in [-0.4, -0.2) is 26.9 Å². The Morgan fingerprint density at radius 2 is 1.26 bits per heavy atom. The van der Waals surface area contributed by atoms with Crippen LogP contribution >= 0.6 is 0 Å². The van der Waals surface area contributed by atoms with Crippen molar-refractivity contribution < 1.29 is 18.8 Å². The third-order valence-electron chi connectivity index (χ3n) is 4.75. The predicted octanol–water partition coefficient (Wildman–Crippen LogP) is 6.12. The van der Waals surface area contributed by atoms with Crippen LogP contribution in [0.15, 0.2) is 12.2 Å². The minimum absolute atomic E-state index is 0.0630. The van der Waals surface area contributed by atoms with Crippen LogP contribution in [0.3, 0.4) is 0 Å². The molecule has 0 N–H and O–H groups in total. The third kappa shape index (κ3) is 12.8. The Morgan fingerprint density at radius 3 is 1.59 bits per heavy atom. The Hall–Kier alpha value is -1.10. The van der Waals surface area contributed by atoms with Crippen LogP contribution in [0.5, 0.6) is 0 Å². The maximum Gasteiger partial charge on any atom is 0.333 e. The Balaban J connectivity index is 5.04. The van der Waals surface area contributed by atoms with Crippen molar-refractivity contribution in [1.29, 1.82) is 0 Å². The van der Waals surface area contributed by atoms with Gasteiger partial charge >= 0.3 is 5.97 Å². The van der Waals surface area contributed by atoms with Crippen molar-refractivity contribution in [3.05, 3.63) is 12.2 Å². The molecule has 27 heavy (non-hydrogen) atoms. The molecular formula is C22H42O4Si. The van der Waals surface area contributed by atoms with Crippen molar-refractivity contribution in [1.82, 2.24) is 0 Å². The summed E-state index contributed by atoms with van der Waals surface area (Å²) in [7, 11) is -2.15. The fourth-order valence-corrected chi connectivity index (χ4v) is 7.78. The van der Waals surface area contributed by atoms with Crippen molar-refractivity contribution in [2.45, 2.75) is 92.3 Å². The summed E-state index contributed by atoms with van der Waals surface area (Å²) in [6, 6.07) is 3.09. The van der Waals surface area contributed by atoms with Crippen LogP contribution in [-0.2, 0) is 18.8 Å². The van der Waals surface area contributed by atoms with Crippen LogP contribution in [0.25, 0.3) is 0 Å². The fourth-order valence-electron chi connectivity index (χ4n) is 2.83. The molecule has 0 saturated heterocycles. The van der Waals surface area contributed by atoms with Crippen LogP contribution in [0, 0.1) is 17.8 Å². The molecule has 0 aliphatic carbocycles. The van der Waals surface area contributed by atoms with Gasteiger partial charge in [0.05, 0.1) is 6.42 Å². The molecule has 0 heterocycles. The quantitative estimate of drug-likeness (QED) is 0.201. The summed E-state index contributed by atoms with van der Waals surface area (Å²) in [6.07, 6.45) is 3.42. The van der Waals surface area contributed by atoms with Gasteiger partial charge in [-0.1, -0.05) is 67.4 Å². The lowest BCUT2D eigenvalue weighted by molar-refractivity contribution is -0.142. The molecule has 0 radical (unpaired) electrons. The molecule has 4 nitrogen and oxygen atoms in total. The van der Waals surface area contributed by atoms with Gasteiger partial charge in [-0.05, 0) is 42.8 Å². The summed E-state index contributed by atoms with van der Waals surface area (Å²) in [5.41, 5.74) is 0.345. The van der Waals surface area contributed by atoms with Gasteiger partial charge in [-0.2, -0.15) is 0 Å². The molecule has 0 unspecified atom stereocenters. The van der Waals surface area contributed by atoms with Gasteiger partial charge in [0.2, 0.25) is 0 Å². The molecular weight excluding hydrogens is 356 g/mol. The zero-order valence-corrected chi connectivity index (χ0v) is 19.7. The SMILES string of the molecule is C=C(C)C(=O)OCCC(=O)O[Si](CCC(C)C)(CCC(C)C)CCC(C)C. The first-order valence-corrected chi connectivity index (χ1v) is 13.0. The lowest BCUT2D eigenvalue weighted by Gasteiger charge is -2.33. The van der Waals surface area contributed by atoms with Crippen LogP contribution in [0.1, 0.15) is 74.1 Å². The second-order valence-corrected chi connectivity index (χ2v) is 13.2. The molecule has 0 bridgehead atoms. The molecule has 0 aromatic heterocycles. The highest BCUT2D eigenvalue weighted by molar-refractivity contribution is 6.75. The highest BCUT2D eigenvalue weighted by Crippen LogP contribution is 2.32. The van der Waals surface area contributed by atoms with Gasteiger partial charge in [0, 0.05) is 5.57 Å². The van der Waals surface area contributed by atoms with E-state index in [1.54, 1.807) is 6.92 Å². The van der Waals surface area contributed by atoms with Crippen molar-refractivity contribution in [3.8, 4) is 0 Å². The molecule has 0 fully saturated rings. The Bertz CT molecular complexity index is 438. The minimum Gasteiger partial charge on any atom is -0.519 e. The average Bonchev–Trinajstić information content (AvgIpc) is 2.55. The molecule has 0 rings (SSSR count). The van der Waals surface area contributed by atoms with E-state index in [4.69, 9.17) is 9.16 Å². The molecule has 0 aliphatic heterocycles. The molecule has 158 valence electrons. The van der Waals surface area contributed by atoms with Gasteiger partial charge in [0.1, 0.15) is 6.61 Å². The monoisotopic (exact) mass is 398 g/mol. The summed E-state index contributed by atoms with van der Waals surface area (Å²) in [5, 5.41) is 0. The summed E-state index contributed by atoms with van der Waals surface area (Å²) in [5.74, 6) is 1.14. The normalized spacial score (nSPS) is 11.9. The molecule has 0 aliphatic rings.